The third kappa shape index (κ3) is 4.08. The number of nitrogens with zero attached hydrogens (tertiary/aromatic N) is 2. The number of allylic oxidation sites excluding steroid dienone is 1. The predicted molar refractivity (Wildman–Crippen MR) is 119 cm³/mol. The number of carbonyl (C=O) groups is 4. The lowest BCUT2D eigenvalue weighted by atomic mass is 9.62. The van der Waals surface area contributed by atoms with E-state index in [1.54, 1.807) is 6.08 Å². The highest BCUT2D eigenvalue weighted by molar-refractivity contribution is 6.42. The number of cyclic esters (lactones) is 1. The van der Waals surface area contributed by atoms with Crippen LogP contribution in [0.3, 0.4) is 0 Å². The standard InChI is InChI=1S/C24H26FN3O7/c25-16-2-1-15(17(13-16)27-7-12-35-23(27)32)14-26-21(30)19-20(29)22(31)28-6-11-33-8-3-18(28)24(19)4-9-34-10-5-24/h1-3,13,19H,4-12,14H2,(H,26,30). The van der Waals surface area contributed by atoms with Crippen LogP contribution in [0.15, 0.2) is 30.0 Å². The van der Waals surface area contributed by atoms with Gasteiger partial charge in [-0.15, -0.1) is 0 Å². The number of piperidine rings is 1. The van der Waals surface area contributed by atoms with Crippen molar-refractivity contribution < 1.29 is 37.8 Å². The van der Waals surface area contributed by atoms with Crippen molar-refractivity contribution >= 4 is 29.4 Å². The van der Waals surface area contributed by atoms with Gasteiger partial charge in [0.1, 0.15) is 18.3 Å². The average Bonchev–Trinajstić information content (AvgIpc) is 3.12. The number of anilines is 1. The van der Waals surface area contributed by atoms with Gasteiger partial charge in [-0.05, 0) is 36.6 Å². The second kappa shape index (κ2) is 9.38. The van der Waals surface area contributed by atoms with Gasteiger partial charge < -0.3 is 24.4 Å². The molecule has 4 aliphatic heterocycles. The number of hydrogen-bond acceptors (Lipinski definition) is 7. The fraction of sp³-hybridized carbons (Fsp3) is 0.500. The van der Waals surface area contributed by atoms with Gasteiger partial charge in [-0.25, -0.2) is 9.18 Å². The Balaban J connectivity index is 1.44. The molecule has 5 rings (SSSR count). The van der Waals surface area contributed by atoms with Crippen molar-refractivity contribution in [3.8, 4) is 0 Å². The van der Waals surface area contributed by atoms with E-state index in [2.05, 4.69) is 5.32 Å². The summed E-state index contributed by atoms with van der Waals surface area (Å²) in [5.41, 5.74) is 0.531. The van der Waals surface area contributed by atoms with E-state index in [9.17, 15) is 23.6 Å². The smallest absolute Gasteiger partial charge is 0.414 e. The zero-order valence-corrected chi connectivity index (χ0v) is 19.1. The maximum atomic E-state index is 14.0. The van der Waals surface area contributed by atoms with Gasteiger partial charge >= 0.3 is 6.09 Å². The molecule has 10 nitrogen and oxygen atoms in total. The Bertz CT molecular complexity index is 1100. The summed E-state index contributed by atoms with van der Waals surface area (Å²) in [4.78, 5) is 54.6. The van der Waals surface area contributed by atoms with Crippen LogP contribution in [0.2, 0.25) is 0 Å². The Morgan fingerprint density at radius 2 is 1.83 bits per heavy atom. The number of rotatable bonds is 4. The zero-order valence-electron chi connectivity index (χ0n) is 19.1. The minimum atomic E-state index is -1.22. The minimum Gasteiger partial charge on any atom is -0.447 e. The van der Waals surface area contributed by atoms with Gasteiger partial charge in [0.15, 0.2) is 0 Å². The molecule has 1 aromatic rings. The first-order chi connectivity index (χ1) is 16.9. The van der Waals surface area contributed by atoms with Crippen LogP contribution in [0.1, 0.15) is 18.4 Å². The van der Waals surface area contributed by atoms with Crippen LogP contribution < -0.4 is 10.2 Å². The summed E-state index contributed by atoms with van der Waals surface area (Å²) in [6.07, 6.45) is 2.02. The first kappa shape index (κ1) is 23.4. The largest absolute Gasteiger partial charge is 0.447 e. The van der Waals surface area contributed by atoms with Crippen LogP contribution >= 0.6 is 0 Å². The number of carbonyl (C=O) groups excluding carboxylic acids is 4. The third-order valence-electron chi connectivity index (χ3n) is 7.12. The van der Waals surface area contributed by atoms with Gasteiger partial charge in [0.25, 0.3) is 5.91 Å². The maximum Gasteiger partial charge on any atom is 0.414 e. The molecule has 4 heterocycles. The number of ketones is 1. The van der Waals surface area contributed by atoms with E-state index in [1.165, 1.54) is 28.0 Å². The number of halogens is 1. The highest BCUT2D eigenvalue weighted by atomic mass is 19.1. The number of nitrogens with one attached hydrogen (secondary N) is 1. The van der Waals surface area contributed by atoms with E-state index < -0.39 is 40.8 Å². The van der Waals surface area contributed by atoms with Crippen LogP contribution in [-0.2, 0) is 35.1 Å². The third-order valence-corrected chi connectivity index (χ3v) is 7.12. The number of ether oxygens (including phenoxy) is 3. The van der Waals surface area contributed by atoms with Gasteiger partial charge in [0.05, 0.1) is 25.4 Å². The van der Waals surface area contributed by atoms with Gasteiger partial charge in [-0.3, -0.25) is 19.3 Å². The molecule has 3 saturated heterocycles. The molecule has 35 heavy (non-hydrogen) atoms. The Kier molecular flexibility index (Phi) is 6.28. The van der Waals surface area contributed by atoms with Crippen LogP contribution in [0.25, 0.3) is 0 Å². The number of fused-ring (bicyclic) bond motifs is 2. The molecule has 0 bridgehead atoms. The Morgan fingerprint density at radius 1 is 1.06 bits per heavy atom. The molecule has 1 aromatic carbocycles. The molecule has 0 aromatic heterocycles. The lowest BCUT2D eigenvalue weighted by Crippen LogP contribution is -2.61. The summed E-state index contributed by atoms with van der Waals surface area (Å²) in [6.45, 7) is 1.93. The van der Waals surface area contributed by atoms with Crippen molar-refractivity contribution in [2.75, 3.05) is 51.0 Å². The van der Waals surface area contributed by atoms with Gasteiger partial charge in [-0.2, -0.15) is 0 Å². The fourth-order valence-corrected chi connectivity index (χ4v) is 5.43. The number of Topliss-reactive ketones (excluding diaryl/α,β-unsaturated/α-hetero) is 1. The molecule has 11 heteroatoms. The molecule has 1 unspecified atom stereocenters. The molecule has 1 N–H and O–H groups in total. The molecule has 186 valence electrons. The van der Waals surface area contributed by atoms with Crippen LogP contribution in [0.4, 0.5) is 14.9 Å². The van der Waals surface area contributed by atoms with Gasteiger partial charge in [-0.1, -0.05) is 6.07 Å². The second-order valence-electron chi connectivity index (χ2n) is 8.94. The quantitative estimate of drug-likeness (QED) is 0.500. The Labute approximate surface area is 201 Å². The van der Waals surface area contributed by atoms with E-state index in [1.807, 2.05) is 0 Å². The molecule has 0 radical (unpaired) electrons. The highest BCUT2D eigenvalue weighted by Crippen LogP contribution is 2.50. The molecule has 1 spiro atoms. The Morgan fingerprint density at radius 3 is 2.57 bits per heavy atom. The van der Waals surface area contributed by atoms with Crippen molar-refractivity contribution in [3.63, 3.8) is 0 Å². The number of hydrogen-bond donors (Lipinski definition) is 1. The normalized spacial score (nSPS) is 24.1. The van der Waals surface area contributed by atoms with Crippen molar-refractivity contribution in [2.24, 2.45) is 11.3 Å². The predicted octanol–water partition coefficient (Wildman–Crippen LogP) is 1.14. The monoisotopic (exact) mass is 487 g/mol. The topological polar surface area (TPSA) is 114 Å². The van der Waals surface area contributed by atoms with Crippen LogP contribution in [-0.4, -0.2) is 74.7 Å². The second-order valence-corrected chi connectivity index (χ2v) is 8.94. The van der Waals surface area contributed by atoms with Crippen molar-refractivity contribution in [3.05, 3.63) is 41.4 Å². The van der Waals surface area contributed by atoms with E-state index in [0.717, 1.165) is 0 Å². The summed E-state index contributed by atoms with van der Waals surface area (Å²) in [7, 11) is 0. The zero-order chi connectivity index (χ0) is 24.6. The summed E-state index contributed by atoms with van der Waals surface area (Å²) >= 11 is 0. The highest BCUT2D eigenvalue weighted by Gasteiger charge is 2.58. The number of benzene rings is 1. The van der Waals surface area contributed by atoms with Crippen LogP contribution in [0, 0.1) is 17.2 Å². The molecule has 1 atom stereocenters. The first-order valence-electron chi connectivity index (χ1n) is 11.6. The molecule has 4 aliphatic rings. The molecule has 0 aliphatic carbocycles. The molecule has 3 amide bonds. The summed E-state index contributed by atoms with van der Waals surface area (Å²) in [6, 6.07) is 3.91. The average molecular weight is 487 g/mol. The van der Waals surface area contributed by atoms with Crippen LogP contribution in [0.5, 0.6) is 0 Å². The SMILES string of the molecule is O=C(NCc1ccc(F)cc1N1CCOC1=O)C1C(=O)C(=O)N2CCOCC=C2C12CCOCC2. The van der Waals surface area contributed by atoms with E-state index in [-0.39, 0.29) is 38.5 Å². The molecule has 3 fully saturated rings. The lowest BCUT2D eigenvalue weighted by Gasteiger charge is -2.49. The lowest BCUT2D eigenvalue weighted by molar-refractivity contribution is -0.160. The van der Waals surface area contributed by atoms with Crippen molar-refractivity contribution in [1.29, 1.82) is 0 Å². The Hall–Kier alpha value is -3.31. The first-order valence-corrected chi connectivity index (χ1v) is 11.6. The summed E-state index contributed by atoms with van der Waals surface area (Å²) in [5.74, 6) is -3.82. The summed E-state index contributed by atoms with van der Waals surface area (Å²) in [5, 5.41) is 2.77. The van der Waals surface area contributed by atoms with Crippen molar-refractivity contribution in [1.82, 2.24) is 10.2 Å². The maximum absolute atomic E-state index is 14.0. The van der Waals surface area contributed by atoms with Crippen molar-refractivity contribution in [2.45, 2.75) is 19.4 Å². The summed E-state index contributed by atoms with van der Waals surface area (Å²) < 4.78 is 29.9. The molecular weight excluding hydrogens is 461 g/mol. The van der Waals surface area contributed by atoms with Gasteiger partial charge in [0, 0.05) is 37.4 Å². The fourth-order valence-electron chi connectivity index (χ4n) is 5.43. The van der Waals surface area contributed by atoms with E-state index in [4.69, 9.17) is 14.2 Å². The van der Waals surface area contributed by atoms with E-state index in [0.29, 0.717) is 43.9 Å². The minimum absolute atomic E-state index is 0.0609. The molecular formula is C24H26FN3O7. The van der Waals surface area contributed by atoms with Gasteiger partial charge in [0.2, 0.25) is 11.7 Å². The molecule has 0 saturated carbocycles. The number of amides is 3. The van der Waals surface area contributed by atoms with E-state index >= 15 is 0 Å².